The zero-order chi connectivity index (χ0) is 9.26. The van der Waals surface area contributed by atoms with Gasteiger partial charge in [-0.15, -0.1) is 5.11 Å². The Morgan fingerprint density at radius 1 is 1.38 bits per heavy atom. The molecule has 0 radical (unpaired) electrons. The first-order valence-corrected chi connectivity index (χ1v) is 4.30. The molecule has 66 valence electrons. The van der Waals surface area contributed by atoms with Gasteiger partial charge in [-0.2, -0.15) is 0 Å². The van der Waals surface area contributed by atoms with Crippen molar-refractivity contribution in [3.63, 3.8) is 0 Å². The first-order chi connectivity index (χ1) is 6.33. The van der Waals surface area contributed by atoms with Crippen molar-refractivity contribution in [3.05, 3.63) is 36.4 Å². The molecule has 0 atom stereocenters. The van der Waals surface area contributed by atoms with Crippen molar-refractivity contribution < 1.29 is 0 Å². The van der Waals surface area contributed by atoms with Gasteiger partial charge >= 0.3 is 0 Å². The van der Waals surface area contributed by atoms with E-state index < -0.39 is 0 Å². The van der Waals surface area contributed by atoms with E-state index >= 15 is 0 Å². The largest absolute Gasteiger partial charge is 0.247 e. The minimum absolute atomic E-state index is 0.802. The second-order valence-corrected chi connectivity index (χ2v) is 2.87. The molecule has 0 bridgehead atoms. The number of fused-ring (bicyclic) bond motifs is 1. The Balaban J connectivity index is 2.48. The third kappa shape index (κ3) is 1.22. The summed E-state index contributed by atoms with van der Waals surface area (Å²) in [5, 5.41) is 9.91. The third-order valence-electron chi connectivity index (χ3n) is 2.09. The van der Waals surface area contributed by atoms with Crippen LogP contribution >= 0.6 is 0 Å². The Bertz CT molecular complexity index is 368. The average molecular weight is 173 g/mol. The molecule has 1 aliphatic heterocycles. The lowest BCUT2D eigenvalue weighted by molar-refractivity contribution is 0.412. The fourth-order valence-electron chi connectivity index (χ4n) is 1.35. The molecule has 1 aliphatic rings. The van der Waals surface area contributed by atoms with Crippen molar-refractivity contribution in [2.45, 2.75) is 6.92 Å². The summed E-state index contributed by atoms with van der Waals surface area (Å²) < 4.78 is 0. The summed E-state index contributed by atoms with van der Waals surface area (Å²) in [6.45, 7) is 6.81. The van der Waals surface area contributed by atoms with Crippen molar-refractivity contribution in [2.24, 2.45) is 10.3 Å². The van der Waals surface area contributed by atoms with E-state index in [4.69, 9.17) is 0 Å². The summed E-state index contributed by atoms with van der Waals surface area (Å²) >= 11 is 0. The summed E-state index contributed by atoms with van der Waals surface area (Å²) in [5.41, 5.74) is 2.89. The maximum Gasteiger partial charge on any atom is 0.0967 e. The third-order valence-corrected chi connectivity index (χ3v) is 2.09. The molecule has 13 heavy (non-hydrogen) atoms. The Morgan fingerprint density at radius 2 is 2.15 bits per heavy atom. The summed E-state index contributed by atoms with van der Waals surface area (Å²) in [6.07, 6.45) is 0. The first kappa shape index (κ1) is 7.98. The number of benzene rings is 1. The highest BCUT2D eigenvalue weighted by Crippen LogP contribution is 2.32. The molecule has 2 rings (SSSR count). The van der Waals surface area contributed by atoms with E-state index in [0.717, 1.165) is 23.5 Å². The van der Waals surface area contributed by atoms with Gasteiger partial charge in [-0.3, -0.25) is 0 Å². The number of nitrogens with zero attached hydrogens (tertiary/aromatic N) is 3. The highest BCUT2D eigenvalue weighted by molar-refractivity contribution is 5.72. The van der Waals surface area contributed by atoms with Gasteiger partial charge < -0.3 is 0 Å². The monoisotopic (exact) mass is 173 g/mol. The molecule has 0 saturated heterocycles. The van der Waals surface area contributed by atoms with Gasteiger partial charge in [0.1, 0.15) is 0 Å². The molecule has 1 heterocycles. The molecule has 0 amide bonds. The first-order valence-electron chi connectivity index (χ1n) is 4.30. The van der Waals surface area contributed by atoms with Gasteiger partial charge in [-0.1, -0.05) is 30.0 Å². The number of hydrogen-bond donors (Lipinski definition) is 0. The SMILES string of the molecule is C=C1c2ccccc2N=NN1CC. The molecular formula is C10H11N3. The van der Waals surface area contributed by atoms with E-state index in [0.29, 0.717) is 0 Å². The summed E-state index contributed by atoms with van der Waals surface area (Å²) in [6, 6.07) is 7.89. The van der Waals surface area contributed by atoms with Gasteiger partial charge in [0, 0.05) is 12.1 Å². The highest BCUT2D eigenvalue weighted by atomic mass is 15.6. The van der Waals surface area contributed by atoms with E-state index in [2.05, 4.69) is 16.9 Å². The molecule has 0 spiro atoms. The van der Waals surface area contributed by atoms with Crippen LogP contribution in [0.5, 0.6) is 0 Å². The van der Waals surface area contributed by atoms with Crippen LogP contribution in [0.3, 0.4) is 0 Å². The van der Waals surface area contributed by atoms with Crippen LogP contribution in [0, 0.1) is 0 Å². The lowest BCUT2D eigenvalue weighted by Crippen LogP contribution is -2.15. The number of rotatable bonds is 1. The molecular weight excluding hydrogens is 162 g/mol. The van der Waals surface area contributed by atoms with Crippen LogP contribution in [-0.4, -0.2) is 11.6 Å². The molecule has 0 aromatic heterocycles. The fourth-order valence-corrected chi connectivity index (χ4v) is 1.35. The topological polar surface area (TPSA) is 28.0 Å². The Morgan fingerprint density at radius 3 is 2.92 bits per heavy atom. The molecule has 0 aliphatic carbocycles. The Hall–Kier alpha value is -1.64. The molecule has 0 unspecified atom stereocenters. The predicted octanol–water partition coefficient (Wildman–Crippen LogP) is 2.99. The maximum atomic E-state index is 4.09. The van der Waals surface area contributed by atoms with Crippen molar-refractivity contribution in [1.29, 1.82) is 0 Å². The van der Waals surface area contributed by atoms with Gasteiger partial charge in [0.15, 0.2) is 0 Å². The van der Waals surface area contributed by atoms with Crippen LogP contribution in [0.4, 0.5) is 5.69 Å². The zero-order valence-corrected chi connectivity index (χ0v) is 7.57. The molecule has 0 N–H and O–H groups in total. The summed E-state index contributed by atoms with van der Waals surface area (Å²) in [4.78, 5) is 0. The lowest BCUT2D eigenvalue weighted by atomic mass is 10.1. The summed E-state index contributed by atoms with van der Waals surface area (Å²) in [5.74, 6) is 0. The minimum Gasteiger partial charge on any atom is -0.247 e. The van der Waals surface area contributed by atoms with Gasteiger partial charge in [-0.25, -0.2) is 5.01 Å². The van der Waals surface area contributed by atoms with Gasteiger partial charge in [-0.05, 0) is 13.0 Å². The Labute approximate surface area is 77.4 Å². The minimum atomic E-state index is 0.802. The second kappa shape index (κ2) is 3.01. The van der Waals surface area contributed by atoms with E-state index in [1.807, 2.05) is 31.2 Å². The van der Waals surface area contributed by atoms with Crippen molar-refractivity contribution >= 4 is 11.4 Å². The second-order valence-electron chi connectivity index (χ2n) is 2.87. The fraction of sp³-hybridized carbons (Fsp3) is 0.200. The van der Waals surface area contributed by atoms with Crippen LogP contribution < -0.4 is 0 Å². The van der Waals surface area contributed by atoms with E-state index in [9.17, 15) is 0 Å². The Kier molecular flexibility index (Phi) is 1.85. The summed E-state index contributed by atoms with van der Waals surface area (Å²) in [7, 11) is 0. The van der Waals surface area contributed by atoms with Crippen molar-refractivity contribution in [1.82, 2.24) is 5.01 Å². The zero-order valence-electron chi connectivity index (χ0n) is 7.57. The van der Waals surface area contributed by atoms with Gasteiger partial charge in [0.05, 0.1) is 11.4 Å². The smallest absolute Gasteiger partial charge is 0.0967 e. The molecule has 1 aromatic rings. The number of hydrogen-bond acceptors (Lipinski definition) is 3. The molecule has 0 fully saturated rings. The predicted molar refractivity (Wildman–Crippen MR) is 52.4 cm³/mol. The van der Waals surface area contributed by atoms with E-state index in [-0.39, 0.29) is 0 Å². The van der Waals surface area contributed by atoms with Crippen LogP contribution in [0.25, 0.3) is 5.70 Å². The van der Waals surface area contributed by atoms with E-state index in [1.165, 1.54) is 0 Å². The van der Waals surface area contributed by atoms with Crippen molar-refractivity contribution in [2.75, 3.05) is 6.54 Å². The standard InChI is InChI=1S/C10H11N3/c1-3-13-8(2)9-6-4-5-7-10(9)11-12-13/h4-7H,2-3H2,1H3. The van der Waals surface area contributed by atoms with Crippen LogP contribution in [-0.2, 0) is 0 Å². The van der Waals surface area contributed by atoms with Gasteiger partial charge in [0.25, 0.3) is 0 Å². The van der Waals surface area contributed by atoms with Crippen LogP contribution in [0.15, 0.2) is 41.2 Å². The molecule has 0 saturated carbocycles. The van der Waals surface area contributed by atoms with Crippen LogP contribution in [0.1, 0.15) is 12.5 Å². The molecule has 1 aromatic carbocycles. The lowest BCUT2D eigenvalue weighted by Gasteiger charge is -2.22. The van der Waals surface area contributed by atoms with Crippen LogP contribution in [0.2, 0.25) is 0 Å². The normalized spacial score (nSPS) is 14.5. The maximum absolute atomic E-state index is 4.09. The average Bonchev–Trinajstić information content (AvgIpc) is 2.19. The van der Waals surface area contributed by atoms with E-state index in [1.54, 1.807) is 5.01 Å². The molecule has 3 heteroatoms. The molecule has 3 nitrogen and oxygen atoms in total. The highest BCUT2D eigenvalue weighted by Gasteiger charge is 2.14. The van der Waals surface area contributed by atoms with Gasteiger partial charge in [0.2, 0.25) is 0 Å². The quantitative estimate of drug-likeness (QED) is 0.641. The van der Waals surface area contributed by atoms with Crippen molar-refractivity contribution in [3.8, 4) is 0 Å².